The Labute approximate surface area is 162 Å². The minimum atomic E-state index is -0.830. The zero-order valence-corrected chi connectivity index (χ0v) is 15.8. The average molecular weight is 390 g/mol. The molecule has 26 heavy (non-hydrogen) atoms. The molecule has 1 aliphatic rings. The number of carbonyl (C=O) groups is 2. The van der Waals surface area contributed by atoms with Crippen LogP contribution in [0.5, 0.6) is 0 Å². The SMILES string of the molecule is O=C(O)C1CCCN(C(=O)c2ccccc2SCc2ccccc2Cl)C1. The Morgan fingerprint density at radius 2 is 1.88 bits per heavy atom. The third-order valence-electron chi connectivity index (χ3n) is 4.52. The first-order chi connectivity index (χ1) is 12.6. The molecule has 0 aliphatic carbocycles. The number of likely N-dealkylation sites (tertiary alicyclic amines) is 1. The van der Waals surface area contributed by atoms with Gasteiger partial charge in [0.1, 0.15) is 0 Å². The van der Waals surface area contributed by atoms with Crippen LogP contribution >= 0.6 is 23.4 Å². The van der Waals surface area contributed by atoms with Gasteiger partial charge in [0, 0.05) is 28.8 Å². The van der Waals surface area contributed by atoms with Crippen molar-refractivity contribution in [1.29, 1.82) is 0 Å². The number of carboxylic acid groups (broad SMARTS) is 1. The van der Waals surface area contributed by atoms with Crippen LogP contribution in [0.2, 0.25) is 5.02 Å². The molecule has 6 heteroatoms. The predicted molar refractivity (Wildman–Crippen MR) is 104 cm³/mol. The number of nitrogens with zero attached hydrogens (tertiary/aromatic N) is 1. The molecule has 1 atom stereocenters. The standard InChI is InChI=1S/C20H20ClNO3S/c21-17-9-3-1-6-15(17)13-26-18-10-4-2-8-16(18)19(23)22-11-5-7-14(12-22)20(24)25/h1-4,6,8-10,14H,5,7,11-13H2,(H,24,25). The molecule has 2 aromatic rings. The maximum absolute atomic E-state index is 13.0. The summed E-state index contributed by atoms with van der Waals surface area (Å²) in [5.41, 5.74) is 1.64. The highest BCUT2D eigenvalue weighted by molar-refractivity contribution is 7.98. The van der Waals surface area contributed by atoms with E-state index in [-0.39, 0.29) is 12.5 Å². The van der Waals surface area contributed by atoms with Crippen molar-refractivity contribution >= 4 is 35.2 Å². The van der Waals surface area contributed by atoms with Crippen LogP contribution in [-0.2, 0) is 10.5 Å². The molecule has 1 fully saturated rings. The summed E-state index contributed by atoms with van der Waals surface area (Å²) in [6.07, 6.45) is 1.35. The van der Waals surface area contributed by atoms with Crippen LogP contribution < -0.4 is 0 Å². The molecule has 0 radical (unpaired) electrons. The first-order valence-electron chi connectivity index (χ1n) is 8.53. The van der Waals surface area contributed by atoms with Gasteiger partial charge in [0.25, 0.3) is 5.91 Å². The van der Waals surface area contributed by atoms with E-state index in [4.69, 9.17) is 11.6 Å². The Kier molecular flexibility index (Phi) is 6.22. The molecule has 1 saturated heterocycles. The van der Waals surface area contributed by atoms with Crippen LogP contribution in [0.15, 0.2) is 53.4 Å². The zero-order valence-electron chi connectivity index (χ0n) is 14.2. The lowest BCUT2D eigenvalue weighted by Crippen LogP contribution is -2.42. The van der Waals surface area contributed by atoms with Crippen molar-refractivity contribution in [2.75, 3.05) is 13.1 Å². The molecule has 0 saturated carbocycles. The minimum absolute atomic E-state index is 0.0989. The van der Waals surface area contributed by atoms with Crippen LogP contribution in [0.3, 0.4) is 0 Å². The maximum Gasteiger partial charge on any atom is 0.308 e. The van der Waals surface area contributed by atoms with Crippen molar-refractivity contribution in [2.24, 2.45) is 5.92 Å². The Bertz CT molecular complexity index is 811. The number of benzene rings is 2. The van der Waals surface area contributed by atoms with Gasteiger partial charge in [-0.1, -0.05) is 41.9 Å². The summed E-state index contributed by atoms with van der Waals surface area (Å²) in [5.74, 6) is -0.737. The number of carbonyl (C=O) groups excluding carboxylic acids is 1. The number of piperidine rings is 1. The van der Waals surface area contributed by atoms with Gasteiger partial charge in [0.2, 0.25) is 0 Å². The average Bonchev–Trinajstić information content (AvgIpc) is 2.67. The minimum Gasteiger partial charge on any atom is -0.481 e. The highest BCUT2D eigenvalue weighted by atomic mass is 35.5. The second-order valence-corrected chi connectivity index (χ2v) is 7.73. The van der Waals surface area contributed by atoms with Gasteiger partial charge in [-0.3, -0.25) is 9.59 Å². The van der Waals surface area contributed by atoms with E-state index in [2.05, 4.69) is 0 Å². The maximum atomic E-state index is 13.0. The molecule has 2 aromatic carbocycles. The van der Waals surface area contributed by atoms with Gasteiger partial charge in [-0.15, -0.1) is 11.8 Å². The normalized spacial score (nSPS) is 17.1. The third kappa shape index (κ3) is 4.40. The van der Waals surface area contributed by atoms with Gasteiger partial charge < -0.3 is 10.0 Å². The summed E-state index contributed by atoms with van der Waals surface area (Å²) in [6.45, 7) is 0.879. The molecule has 4 nitrogen and oxygen atoms in total. The molecular formula is C20H20ClNO3S. The number of amides is 1. The third-order valence-corrected chi connectivity index (χ3v) is 6.01. The summed E-state index contributed by atoms with van der Waals surface area (Å²) in [5, 5.41) is 9.96. The summed E-state index contributed by atoms with van der Waals surface area (Å²) in [7, 11) is 0. The van der Waals surface area contributed by atoms with E-state index in [1.807, 2.05) is 48.5 Å². The van der Waals surface area contributed by atoms with E-state index in [1.165, 1.54) is 0 Å². The summed E-state index contributed by atoms with van der Waals surface area (Å²) >= 11 is 7.78. The summed E-state index contributed by atoms with van der Waals surface area (Å²) < 4.78 is 0. The number of thioether (sulfide) groups is 1. The Hall–Kier alpha value is -1.98. The van der Waals surface area contributed by atoms with Crippen LogP contribution in [-0.4, -0.2) is 35.0 Å². The largest absolute Gasteiger partial charge is 0.481 e. The molecular weight excluding hydrogens is 370 g/mol. The van der Waals surface area contributed by atoms with Crippen molar-refractivity contribution < 1.29 is 14.7 Å². The fourth-order valence-corrected chi connectivity index (χ4v) is 4.40. The number of halogens is 1. The molecule has 1 N–H and O–H groups in total. The second-order valence-electron chi connectivity index (χ2n) is 6.30. The molecule has 1 heterocycles. The van der Waals surface area contributed by atoms with Crippen molar-refractivity contribution in [1.82, 2.24) is 4.90 Å². The predicted octanol–water partition coefficient (Wildman–Crippen LogP) is 4.57. The molecule has 3 rings (SSSR count). The molecule has 0 aromatic heterocycles. The van der Waals surface area contributed by atoms with Crippen molar-refractivity contribution in [3.8, 4) is 0 Å². The van der Waals surface area contributed by atoms with Crippen LogP contribution in [0.4, 0.5) is 0 Å². The topological polar surface area (TPSA) is 57.6 Å². The van der Waals surface area contributed by atoms with Gasteiger partial charge in [0.15, 0.2) is 0 Å². The lowest BCUT2D eigenvalue weighted by atomic mass is 9.97. The van der Waals surface area contributed by atoms with Gasteiger partial charge in [-0.2, -0.15) is 0 Å². The van der Waals surface area contributed by atoms with Gasteiger partial charge >= 0.3 is 5.97 Å². The first kappa shape index (κ1) is 18.8. The van der Waals surface area contributed by atoms with E-state index < -0.39 is 11.9 Å². The quantitative estimate of drug-likeness (QED) is 0.761. The Morgan fingerprint density at radius 1 is 1.15 bits per heavy atom. The highest BCUT2D eigenvalue weighted by Gasteiger charge is 2.29. The van der Waals surface area contributed by atoms with Crippen molar-refractivity contribution in [3.05, 3.63) is 64.7 Å². The molecule has 1 amide bonds. The van der Waals surface area contributed by atoms with Gasteiger partial charge in [-0.05, 0) is 36.6 Å². The Balaban J connectivity index is 1.75. The van der Waals surface area contributed by atoms with E-state index in [0.29, 0.717) is 29.3 Å². The number of hydrogen-bond acceptors (Lipinski definition) is 3. The van der Waals surface area contributed by atoms with Crippen molar-refractivity contribution in [2.45, 2.75) is 23.5 Å². The van der Waals surface area contributed by atoms with E-state index in [0.717, 1.165) is 16.9 Å². The summed E-state index contributed by atoms with van der Waals surface area (Å²) in [4.78, 5) is 26.8. The van der Waals surface area contributed by atoms with Crippen molar-refractivity contribution in [3.63, 3.8) is 0 Å². The van der Waals surface area contributed by atoms with Gasteiger partial charge in [-0.25, -0.2) is 0 Å². The van der Waals surface area contributed by atoms with E-state index in [9.17, 15) is 14.7 Å². The molecule has 0 bridgehead atoms. The summed E-state index contributed by atoms with van der Waals surface area (Å²) in [6, 6.07) is 15.1. The fraction of sp³-hybridized carbons (Fsp3) is 0.300. The monoisotopic (exact) mass is 389 g/mol. The first-order valence-corrected chi connectivity index (χ1v) is 9.90. The number of rotatable bonds is 5. The van der Waals surface area contributed by atoms with Crippen LogP contribution in [0.1, 0.15) is 28.8 Å². The number of hydrogen-bond donors (Lipinski definition) is 1. The lowest BCUT2D eigenvalue weighted by Gasteiger charge is -2.31. The Morgan fingerprint density at radius 3 is 2.65 bits per heavy atom. The molecule has 1 unspecified atom stereocenters. The lowest BCUT2D eigenvalue weighted by molar-refractivity contribution is -0.143. The van der Waals surface area contributed by atoms with E-state index >= 15 is 0 Å². The van der Waals surface area contributed by atoms with Crippen LogP contribution in [0, 0.1) is 5.92 Å². The number of carboxylic acids is 1. The smallest absolute Gasteiger partial charge is 0.308 e. The molecule has 1 aliphatic heterocycles. The van der Waals surface area contributed by atoms with E-state index in [1.54, 1.807) is 16.7 Å². The fourth-order valence-electron chi connectivity index (χ4n) is 3.07. The molecule has 0 spiro atoms. The number of aliphatic carboxylic acids is 1. The second kappa shape index (κ2) is 8.60. The highest BCUT2D eigenvalue weighted by Crippen LogP contribution is 2.30. The van der Waals surface area contributed by atoms with Crippen LogP contribution in [0.25, 0.3) is 0 Å². The van der Waals surface area contributed by atoms with Gasteiger partial charge in [0.05, 0.1) is 11.5 Å². The molecule has 136 valence electrons. The zero-order chi connectivity index (χ0) is 18.5.